The number of carbonyl (C=O) groups excluding carboxylic acids is 1. The van der Waals surface area contributed by atoms with Crippen molar-refractivity contribution in [3.05, 3.63) is 88.9 Å². The van der Waals surface area contributed by atoms with E-state index in [0.717, 1.165) is 40.0 Å². The fraction of sp³-hybridized carbons (Fsp3) is 0.222. The van der Waals surface area contributed by atoms with E-state index in [1.807, 2.05) is 26.0 Å². The summed E-state index contributed by atoms with van der Waals surface area (Å²) < 4.78 is 32.7. The van der Waals surface area contributed by atoms with Crippen molar-refractivity contribution in [3.63, 3.8) is 0 Å². The van der Waals surface area contributed by atoms with Crippen LogP contribution in [0.5, 0.6) is 0 Å². The molecule has 0 atom stereocenters. The van der Waals surface area contributed by atoms with Crippen LogP contribution in [-0.2, 0) is 27.6 Å². The Morgan fingerprint density at radius 3 is 2.61 bits per heavy atom. The van der Waals surface area contributed by atoms with Crippen LogP contribution in [0.2, 0.25) is 0 Å². The fourth-order valence-electron chi connectivity index (χ4n) is 4.50. The average Bonchev–Trinajstić information content (AvgIpc) is 3.53. The molecule has 0 amide bonds. The van der Waals surface area contributed by atoms with Crippen LogP contribution in [0.15, 0.2) is 65.8 Å². The Morgan fingerprint density at radius 1 is 1.08 bits per heavy atom. The molecule has 2 aromatic carbocycles. The van der Waals surface area contributed by atoms with E-state index >= 15 is 0 Å². The number of fused-ring (bicyclic) bond motifs is 1. The molecule has 36 heavy (non-hydrogen) atoms. The third kappa shape index (κ3) is 4.26. The van der Waals surface area contributed by atoms with Crippen molar-refractivity contribution in [1.82, 2.24) is 13.9 Å². The minimum absolute atomic E-state index is 0.0695. The molecular weight excluding hydrogens is 476 g/mol. The summed E-state index contributed by atoms with van der Waals surface area (Å²) in [7, 11) is -2.83. The van der Waals surface area contributed by atoms with Crippen LogP contribution in [0, 0.1) is 13.8 Å². The van der Waals surface area contributed by atoms with Crippen LogP contribution >= 0.6 is 0 Å². The summed E-state index contributed by atoms with van der Waals surface area (Å²) in [6.07, 6.45) is 6.26. The highest BCUT2D eigenvalue weighted by atomic mass is 32.2. The number of hydrogen-bond acceptors (Lipinski definition) is 7. The van der Waals surface area contributed by atoms with Crippen molar-refractivity contribution >= 4 is 27.6 Å². The zero-order valence-corrected chi connectivity index (χ0v) is 21.1. The maximum atomic E-state index is 13.4. The minimum Gasteiger partial charge on any atom is -0.464 e. The Labute approximate surface area is 210 Å². The monoisotopic (exact) mass is 502 g/mol. The zero-order chi connectivity index (χ0) is 25.4. The lowest BCUT2D eigenvalue weighted by molar-refractivity contribution is 0.0593. The molecule has 0 saturated carbocycles. The zero-order valence-electron chi connectivity index (χ0n) is 20.3. The number of anilines is 2. The summed E-state index contributed by atoms with van der Waals surface area (Å²) >= 11 is 0. The summed E-state index contributed by atoms with van der Waals surface area (Å²) in [4.78, 5) is 21.7. The highest BCUT2D eigenvalue weighted by Crippen LogP contribution is 2.32. The Morgan fingerprint density at radius 2 is 1.86 bits per heavy atom. The predicted molar refractivity (Wildman–Crippen MR) is 137 cm³/mol. The van der Waals surface area contributed by atoms with Crippen LogP contribution in [0.25, 0.3) is 11.3 Å². The quantitative estimate of drug-likeness (QED) is 0.377. The molecule has 2 heterocycles. The number of nitrogens with zero attached hydrogens (tertiary/aromatic N) is 3. The van der Waals surface area contributed by atoms with Gasteiger partial charge in [-0.25, -0.2) is 27.2 Å². The maximum Gasteiger partial charge on any atom is 0.355 e. The lowest BCUT2D eigenvalue weighted by Crippen LogP contribution is -2.18. The third-order valence-corrected chi connectivity index (χ3v) is 8.08. The molecule has 2 aromatic heterocycles. The van der Waals surface area contributed by atoms with Gasteiger partial charge in [0.25, 0.3) is 10.0 Å². The number of carbonyl (C=O) groups is 1. The highest BCUT2D eigenvalue weighted by molar-refractivity contribution is 7.90. The molecular formula is C27H26N4O4S. The van der Waals surface area contributed by atoms with Gasteiger partial charge in [-0.3, -0.25) is 0 Å². The first-order valence-corrected chi connectivity index (χ1v) is 13.1. The van der Waals surface area contributed by atoms with E-state index < -0.39 is 16.0 Å². The molecule has 0 unspecified atom stereocenters. The van der Waals surface area contributed by atoms with E-state index in [9.17, 15) is 13.2 Å². The second-order valence-corrected chi connectivity index (χ2v) is 10.7. The Balaban J connectivity index is 1.57. The van der Waals surface area contributed by atoms with Crippen molar-refractivity contribution < 1.29 is 17.9 Å². The van der Waals surface area contributed by atoms with Gasteiger partial charge in [-0.15, -0.1) is 0 Å². The van der Waals surface area contributed by atoms with Gasteiger partial charge in [0.2, 0.25) is 5.95 Å². The van der Waals surface area contributed by atoms with Crippen molar-refractivity contribution in [2.75, 3.05) is 12.4 Å². The smallest absolute Gasteiger partial charge is 0.355 e. The fourth-order valence-corrected chi connectivity index (χ4v) is 5.85. The Bertz CT molecular complexity index is 1570. The van der Waals surface area contributed by atoms with Crippen LogP contribution in [0.1, 0.15) is 39.2 Å². The minimum atomic E-state index is -4.05. The summed E-state index contributed by atoms with van der Waals surface area (Å²) in [6, 6.07) is 14.1. The van der Waals surface area contributed by atoms with Gasteiger partial charge in [0.1, 0.15) is 5.69 Å². The lowest BCUT2D eigenvalue weighted by atomic mass is 10.1. The van der Waals surface area contributed by atoms with Gasteiger partial charge >= 0.3 is 5.97 Å². The molecule has 184 valence electrons. The van der Waals surface area contributed by atoms with Crippen molar-refractivity contribution in [2.24, 2.45) is 0 Å². The second kappa shape index (κ2) is 9.23. The normalized spacial score (nSPS) is 12.9. The lowest BCUT2D eigenvalue weighted by Gasteiger charge is -2.12. The molecule has 1 aliphatic rings. The van der Waals surface area contributed by atoms with Gasteiger partial charge in [0, 0.05) is 23.6 Å². The van der Waals surface area contributed by atoms with Crippen molar-refractivity contribution in [1.29, 1.82) is 0 Å². The number of aromatic nitrogens is 3. The Kier molecular flexibility index (Phi) is 6.09. The van der Waals surface area contributed by atoms with E-state index in [2.05, 4.69) is 21.4 Å². The second-order valence-electron chi connectivity index (χ2n) is 8.87. The first-order chi connectivity index (χ1) is 17.3. The molecule has 0 spiro atoms. The standard InChI is InChI=1S/C27H26N4O4S/c1-17-10-12-21(13-11-17)36(33,34)31-16-20(14-24(31)26(32)35-3)25-18(2)15-28-27(30-25)29-23-9-5-7-19-6-4-8-22(19)23/h5,7,9-16H,4,6,8H2,1-3H3,(H,28,29,30). The average molecular weight is 503 g/mol. The van der Waals surface area contributed by atoms with Gasteiger partial charge in [0.15, 0.2) is 0 Å². The summed E-state index contributed by atoms with van der Waals surface area (Å²) in [5, 5.41) is 3.32. The Hall–Kier alpha value is -3.98. The van der Waals surface area contributed by atoms with Crippen LogP contribution in [-0.4, -0.2) is 35.4 Å². The van der Waals surface area contributed by atoms with E-state index in [-0.39, 0.29) is 10.6 Å². The van der Waals surface area contributed by atoms with E-state index in [0.29, 0.717) is 17.2 Å². The van der Waals surface area contributed by atoms with Gasteiger partial charge in [-0.05, 0) is 74.1 Å². The van der Waals surface area contributed by atoms with Crippen LogP contribution in [0.3, 0.4) is 0 Å². The van der Waals surface area contributed by atoms with Gasteiger partial charge < -0.3 is 10.1 Å². The van der Waals surface area contributed by atoms with Gasteiger partial charge in [-0.1, -0.05) is 29.8 Å². The number of ether oxygens (including phenoxy) is 1. The molecule has 0 saturated heterocycles. The summed E-state index contributed by atoms with van der Waals surface area (Å²) in [5.41, 5.74) is 6.10. The first kappa shape index (κ1) is 23.7. The molecule has 5 rings (SSSR count). The van der Waals surface area contributed by atoms with E-state index in [1.54, 1.807) is 18.3 Å². The molecule has 9 heteroatoms. The molecule has 1 aliphatic carbocycles. The van der Waals surface area contributed by atoms with Crippen LogP contribution in [0.4, 0.5) is 11.6 Å². The predicted octanol–water partition coefficient (Wildman–Crippen LogP) is 4.82. The SMILES string of the molecule is COC(=O)c1cc(-c2nc(Nc3cccc4c3CCC4)ncc2C)cn1S(=O)(=O)c1ccc(C)cc1. The van der Waals surface area contributed by atoms with Crippen molar-refractivity contribution in [2.45, 2.75) is 38.0 Å². The number of esters is 1. The number of methoxy groups -OCH3 is 1. The summed E-state index contributed by atoms with van der Waals surface area (Å²) in [5.74, 6) is -0.369. The molecule has 0 aliphatic heterocycles. The maximum absolute atomic E-state index is 13.4. The molecule has 0 radical (unpaired) electrons. The molecule has 0 bridgehead atoms. The topological polar surface area (TPSA) is 103 Å². The number of hydrogen-bond donors (Lipinski definition) is 1. The number of aryl methyl sites for hydroxylation is 3. The van der Waals surface area contributed by atoms with E-state index in [1.165, 1.54) is 42.6 Å². The summed E-state index contributed by atoms with van der Waals surface area (Å²) in [6.45, 7) is 3.71. The van der Waals surface area contributed by atoms with Gasteiger partial charge in [0.05, 0.1) is 17.7 Å². The molecule has 1 N–H and O–H groups in total. The number of rotatable bonds is 6. The first-order valence-electron chi connectivity index (χ1n) is 11.6. The molecule has 0 fully saturated rings. The highest BCUT2D eigenvalue weighted by Gasteiger charge is 2.26. The molecule has 8 nitrogen and oxygen atoms in total. The number of nitrogens with one attached hydrogen (secondary N) is 1. The van der Waals surface area contributed by atoms with E-state index in [4.69, 9.17) is 4.74 Å². The van der Waals surface area contributed by atoms with Crippen molar-refractivity contribution in [3.8, 4) is 11.3 Å². The van der Waals surface area contributed by atoms with Crippen LogP contribution < -0.4 is 5.32 Å². The third-order valence-electron chi connectivity index (χ3n) is 6.40. The largest absolute Gasteiger partial charge is 0.464 e. The van der Waals surface area contributed by atoms with Gasteiger partial charge in [-0.2, -0.15) is 0 Å². The molecule has 4 aromatic rings. The number of benzene rings is 2.